The summed E-state index contributed by atoms with van der Waals surface area (Å²) >= 11 is 0. The molecule has 32 heavy (non-hydrogen) atoms. The van der Waals surface area contributed by atoms with Crippen LogP contribution in [-0.4, -0.2) is 38.1 Å². The van der Waals surface area contributed by atoms with Gasteiger partial charge in [-0.25, -0.2) is 18.0 Å². The Labute approximate surface area is 180 Å². The Kier molecular flexibility index (Phi) is 5.73. The molecule has 0 aliphatic carbocycles. The third kappa shape index (κ3) is 4.03. The average molecular weight is 448 g/mol. The van der Waals surface area contributed by atoms with E-state index >= 15 is 0 Å². The van der Waals surface area contributed by atoms with E-state index in [4.69, 9.17) is 0 Å². The molecule has 0 aliphatic rings. The SMILES string of the molecule is Cc1c(CC(=O)NC(C)(C)C(=O)O)c2cc(O)c(F)cc2n1C(=O)c1ccc(F)c(F)c1. The number of carboxylic acids is 1. The molecular weight excluding hydrogens is 429 g/mol. The fourth-order valence-electron chi connectivity index (χ4n) is 3.34. The van der Waals surface area contributed by atoms with Crippen LogP contribution in [0.5, 0.6) is 5.75 Å². The van der Waals surface area contributed by atoms with Crippen molar-refractivity contribution in [3.05, 3.63) is 64.6 Å². The number of carbonyl (C=O) groups is 3. The Hall–Kier alpha value is -3.82. The summed E-state index contributed by atoms with van der Waals surface area (Å²) in [5, 5.41) is 21.5. The largest absolute Gasteiger partial charge is 0.505 e. The highest BCUT2D eigenvalue weighted by Crippen LogP contribution is 2.32. The number of aliphatic carboxylic acids is 1. The molecule has 3 aromatic rings. The molecule has 2 aromatic carbocycles. The highest BCUT2D eigenvalue weighted by atomic mass is 19.2. The second-order valence-corrected chi connectivity index (χ2v) is 7.81. The van der Waals surface area contributed by atoms with Gasteiger partial charge in [-0.15, -0.1) is 0 Å². The molecule has 0 saturated heterocycles. The van der Waals surface area contributed by atoms with Crippen LogP contribution < -0.4 is 5.32 Å². The number of phenolic OH excluding ortho intramolecular Hbond substituents is 1. The lowest BCUT2D eigenvalue weighted by molar-refractivity contribution is -0.145. The third-order valence-corrected chi connectivity index (χ3v) is 5.10. The van der Waals surface area contributed by atoms with Gasteiger partial charge in [0.15, 0.2) is 23.2 Å². The second-order valence-electron chi connectivity index (χ2n) is 7.81. The van der Waals surface area contributed by atoms with Crippen LogP contribution in [-0.2, 0) is 16.0 Å². The molecule has 0 saturated carbocycles. The van der Waals surface area contributed by atoms with Gasteiger partial charge < -0.3 is 15.5 Å². The molecule has 0 unspecified atom stereocenters. The molecule has 168 valence electrons. The monoisotopic (exact) mass is 448 g/mol. The number of nitrogens with zero attached hydrogens (tertiary/aromatic N) is 1. The molecule has 10 heteroatoms. The molecule has 1 aromatic heterocycles. The van der Waals surface area contributed by atoms with E-state index < -0.39 is 46.5 Å². The Morgan fingerprint density at radius 2 is 1.69 bits per heavy atom. The molecule has 0 fully saturated rings. The second kappa shape index (κ2) is 8.03. The fourth-order valence-corrected chi connectivity index (χ4v) is 3.34. The first-order chi connectivity index (χ1) is 14.8. The fraction of sp³-hybridized carbons (Fsp3) is 0.227. The van der Waals surface area contributed by atoms with Crippen LogP contribution in [0.4, 0.5) is 13.2 Å². The standard InChI is InChI=1S/C22H19F3N2O5/c1-10-12(8-19(29)26-22(2,3)21(31)32)13-7-18(28)16(25)9-17(13)27(10)20(30)11-4-5-14(23)15(24)6-11/h4-7,9,28H,8H2,1-3H3,(H,26,29)(H,31,32). The zero-order chi connectivity index (χ0) is 24.0. The Balaban J connectivity index is 2.14. The van der Waals surface area contributed by atoms with E-state index in [0.29, 0.717) is 6.07 Å². The van der Waals surface area contributed by atoms with Gasteiger partial charge in [-0.05, 0) is 50.6 Å². The number of hydrogen-bond donors (Lipinski definition) is 3. The van der Waals surface area contributed by atoms with Gasteiger partial charge in [-0.3, -0.25) is 14.2 Å². The summed E-state index contributed by atoms with van der Waals surface area (Å²) in [6.45, 7) is 4.03. The Bertz CT molecular complexity index is 1280. The topological polar surface area (TPSA) is 109 Å². The number of fused-ring (bicyclic) bond motifs is 1. The molecule has 7 nitrogen and oxygen atoms in total. The van der Waals surface area contributed by atoms with E-state index in [1.54, 1.807) is 0 Å². The number of phenols is 1. The Morgan fingerprint density at radius 3 is 2.28 bits per heavy atom. The van der Waals surface area contributed by atoms with Crippen molar-refractivity contribution >= 4 is 28.7 Å². The summed E-state index contributed by atoms with van der Waals surface area (Å²) in [5.41, 5.74) is -1.39. The zero-order valence-electron chi connectivity index (χ0n) is 17.3. The number of carbonyl (C=O) groups excluding carboxylic acids is 2. The van der Waals surface area contributed by atoms with Crippen LogP contribution in [0.25, 0.3) is 10.9 Å². The van der Waals surface area contributed by atoms with Gasteiger partial charge in [0.2, 0.25) is 5.91 Å². The first-order valence-corrected chi connectivity index (χ1v) is 9.40. The van der Waals surface area contributed by atoms with Crippen LogP contribution in [0.2, 0.25) is 0 Å². The van der Waals surface area contributed by atoms with Gasteiger partial charge in [0.25, 0.3) is 5.91 Å². The highest BCUT2D eigenvalue weighted by molar-refractivity contribution is 6.05. The zero-order valence-corrected chi connectivity index (χ0v) is 17.3. The predicted molar refractivity (Wildman–Crippen MR) is 108 cm³/mol. The maximum absolute atomic E-state index is 14.1. The van der Waals surface area contributed by atoms with Gasteiger partial charge in [-0.1, -0.05) is 0 Å². The van der Waals surface area contributed by atoms with Gasteiger partial charge in [0.05, 0.1) is 11.9 Å². The quantitative estimate of drug-likeness (QED) is 0.555. The van der Waals surface area contributed by atoms with Crippen molar-refractivity contribution in [1.29, 1.82) is 0 Å². The van der Waals surface area contributed by atoms with E-state index in [1.807, 2.05) is 0 Å². The van der Waals surface area contributed by atoms with Crippen molar-refractivity contribution in [2.45, 2.75) is 32.7 Å². The molecule has 1 amide bonds. The number of nitrogens with one attached hydrogen (secondary N) is 1. The number of aromatic hydroxyl groups is 1. The van der Waals surface area contributed by atoms with Crippen molar-refractivity contribution in [3.63, 3.8) is 0 Å². The van der Waals surface area contributed by atoms with Crippen LogP contribution in [0, 0.1) is 24.4 Å². The summed E-state index contributed by atoms with van der Waals surface area (Å²) in [5.74, 6) is -6.91. The summed E-state index contributed by atoms with van der Waals surface area (Å²) < 4.78 is 42.1. The molecule has 0 atom stereocenters. The molecular formula is C22H19F3N2O5. The van der Waals surface area contributed by atoms with Crippen molar-refractivity contribution in [1.82, 2.24) is 9.88 Å². The van der Waals surface area contributed by atoms with Crippen molar-refractivity contribution < 1.29 is 37.8 Å². The van der Waals surface area contributed by atoms with Crippen molar-refractivity contribution in [2.24, 2.45) is 0 Å². The normalized spacial score (nSPS) is 11.6. The average Bonchev–Trinajstić information content (AvgIpc) is 2.94. The highest BCUT2D eigenvalue weighted by Gasteiger charge is 2.30. The van der Waals surface area contributed by atoms with E-state index in [0.717, 1.165) is 28.8 Å². The van der Waals surface area contributed by atoms with Crippen molar-refractivity contribution in [2.75, 3.05) is 0 Å². The van der Waals surface area contributed by atoms with E-state index in [1.165, 1.54) is 20.8 Å². The van der Waals surface area contributed by atoms with Gasteiger partial charge in [0.1, 0.15) is 5.54 Å². The van der Waals surface area contributed by atoms with Crippen LogP contribution in [0.3, 0.4) is 0 Å². The van der Waals surface area contributed by atoms with Crippen LogP contribution >= 0.6 is 0 Å². The summed E-state index contributed by atoms with van der Waals surface area (Å²) in [4.78, 5) is 36.9. The Morgan fingerprint density at radius 1 is 1.03 bits per heavy atom. The van der Waals surface area contributed by atoms with Gasteiger partial charge in [0, 0.05) is 22.7 Å². The summed E-state index contributed by atoms with van der Waals surface area (Å²) in [6.07, 6.45) is -0.387. The van der Waals surface area contributed by atoms with Gasteiger partial charge in [-0.2, -0.15) is 0 Å². The summed E-state index contributed by atoms with van der Waals surface area (Å²) in [6, 6.07) is 4.46. The van der Waals surface area contributed by atoms with Crippen molar-refractivity contribution in [3.8, 4) is 5.75 Å². The third-order valence-electron chi connectivity index (χ3n) is 5.10. The smallest absolute Gasteiger partial charge is 0.328 e. The van der Waals surface area contributed by atoms with E-state index in [-0.39, 0.29) is 34.1 Å². The molecule has 0 spiro atoms. The summed E-state index contributed by atoms with van der Waals surface area (Å²) in [7, 11) is 0. The lowest BCUT2D eigenvalue weighted by Gasteiger charge is -2.21. The lowest BCUT2D eigenvalue weighted by Crippen LogP contribution is -2.50. The number of benzene rings is 2. The number of amides is 1. The van der Waals surface area contributed by atoms with Crippen LogP contribution in [0.1, 0.15) is 35.5 Å². The number of aromatic nitrogens is 1. The number of halogens is 3. The molecule has 0 radical (unpaired) electrons. The minimum absolute atomic E-state index is 0.00664. The minimum atomic E-state index is -1.57. The number of carboxylic acid groups (broad SMARTS) is 1. The molecule has 1 heterocycles. The molecule has 3 N–H and O–H groups in total. The first kappa shape index (κ1) is 22.9. The predicted octanol–water partition coefficient (Wildman–Crippen LogP) is 3.28. The van der Waals surface area contributed by atoms with E-state index in [2.05, 4.69) is 5.32 Å². The molecule has 3 rings (SSSR count). The van der Waals surface area contributed by atoms with E-state index in [9.17, 15) is 37.8 Å². The van der Waals surface area contributed by atoms with Gasteiger partial charge >= 0.3 is 5.97 Å². The van der Waals surface area contributed by atoms with Crippen LogP contribution in [0.15, 0.2) is 30.3 Å². The maximum Gasteiger partial charge on any atom is 0.328 e. The number of rotatable bonds is 5. The first-order valence-electron chi connectivity index (χ1n) is 9.40. The molecule has 0 aliphatic heterocycles. The molecule has 0 bridgehead atoms. The minimum Gasteiger partial charge on any atom is -0.505 e. The lowest BCUT2D eigenvalue weighted by atomic mass is 10.0. The number of hydrogen-bond acceptors (Lipinski definition) is 4. The maximum atomic E-state index is 14.1.